The monoisotopic (exact) mass is 414 g/mol. The number of hydrogen-bond acceptors (Lipinski definition) is 4. The lowest BCUT2D eigenvalue weighted by Gasteiger charge is -2.34. The van der Waals surface area contributed by atoms with Gasteiger partial charge in [0.25, 0.3) is 0 Å². The first-order valence-corrected chi connectivity index (χ1v) is 9.88. The SMILES string of the molecule is CN1CCN(c2ccc(NC(=S)NC(=O)/C=C/c3ccccc3)cc2Cl)CC1. The molecule has 0 atom stereocenters. The van der Waals surface area contributed by atoms with Crippen molar-refractivity contribution in [3.8, 4) is 0 Å². The van der Waals surface area contributed by atoms with Crippen molar-refractivity contribution in [2.75, 3.05) is 43.4 Å². The number of carbonyl (C=O) groups is 1. The maximum Gasteiger partial charge on any atom is 0.250 e. The maximum atomic E-state index is 12.0. The molecule has 0 unspecified atom stereocenters. The Balaban J connectivity index is 1.54. The molecule has 2 aromatic carbocycles. The lowest BCUT2D eigenvalue weighted by atomic mass is 10.2. The first-order chi connectivity index (χ1) is 13.5. The summed E-state index contributed by atoms with van der Waals surface area (Å²) in [5.41, 5.74) is 2.70. The molecule has 1 aliphatic rings. The fraction of sp³-hybridized carbons (Fsp3) is 0.238. The van der Waals surface area contributed by atoms with E-state index in [1.165, 1.54) is 6.08 Å². The van der Waals surface area contributed by atoms with Crippen LogP contribution in [0.5, 0.6) is 0 Å². The molecule has 5 nitrogen and oxygen atoms in total. The summed E-state index contributed by atoms with van der Waals surface area (Å²) in [4.78, 5) is 16.6. The Kier molecular flexibility index (Phi) is 7.03. The number of likely N-dealkylation sites (N-methyl/N-ethyl adjacent to an activating group) is 1. The molecular formula is C21H23ClN4OS. The number of halogens is 1. The van der Waals surface area contributed by atoms with Crippen LogP contribution in [0.25, 0.3) is 6.08 Å². The van der Waals surface area contributed by atoms with Crippen molar-refractivity contribution in [1.29, 1.82) is 0 Å². The van der Waals surface area contributed by atoms with Gasteiger partial charge in [-0.25, -0.2) is 0 Å². The van der Waals surface area contributed by atoms with E-state index in [4.69, 9.17) is 23.8 Å². The molecule has 1 amide bonds. The molecule has 3 rings (SSSR count). The minimum atomic E-state index is -0.290. The molecule has 1 heterocycles. The van der Waals surface area contributed by atoms with Gasteiger partial charge >= 0.3 is 0 Å². The van der Waals surface area contributed by atoms with Gasteiger partial charge in [-0.1, -0.05) is 41.9 Å². The Bertz CT molecular complexity index is 864. The minimum absolute atomic E-state index is 0.228. The van der Waals surface area contributed by atoms with Gasteiger partial charge in [-0.05, 0) is 49.1 Å². The topological polar surface area (TPSA) is 47.6 Å². The number of amides is 1. The molecule has 0 spiro atoms. The van der Waals surface area contributed by atoms with Crippen LogP contribution in [0, 0.1) is 0 Å². The van der Waals surface area contributed by atoms with Gasteiger partial charge in [-0.15, -0.1) is 0 Å². The highest BCUT2D eigenvalue weighted by Crippen LogP contribution is 2.29. The van der Waals surface area contributed by atoms with E-state index in [-0.39, 0.29) is 11.0 Å². The lowest BCUT2D eigenvalue weighted by molar-refractivity contribution is -0.115. The van der Waals surface area contributed by atoms with E-state index in [0.717, 1.165) is 43.1 Å². The number of thiocarbonyl (C=S) groups is 1. The minimum Gasteiger partial charge on any atom is -0.368 e. The third kappa shape index (κ3) is 5.79. The summed E-state index contributed by atoms with van der Waals surface area (Å²) in [5, 5.41) is 6.53. The zero-order chi connectivity index (χ0) is 19.9. The van der Waals surface area contributed by atoms with Crippen molar-refractivity contribution in [2.24, 2.45) is 0 Å². The van der Waals surface area contributed by atoms with Crippen molar-refractivity contribution >= 4 is 52.3 Å². The average Bonchev–Trinajstić information content (AvgIpc) is 2.68. The lowest BCUT2D eigenvalue weighted by Crippen LogP contribution is -2.44. The van der Waals surface area contributed by atoms with E-state index in [9.17, 15) is 4.79 Å². The smallest absolute Gasteiger partial charge is 0.250 e. The largest absolute Gasteiger partial charge is 0.368 e. The van der Waals surface area contributed by atoms with Gasteiger partial charge in [0.05, 0.1) is 10.7 Å². The zero-order valence-corrected chi connectivity index (χ0v) is 17.3. The average molecular weight is 415 g/mol. The summed E-state index contributed by atoms with van der Waals surface area (Å²) in [5.74, 6) is -0.290. The Morgan fingerprint density at radius 3 is 2.50 bits per heavy atom. The van der Waals surface area contributed by atoms with E-state index >= 15 is 0 Å². The molecule has 0 aliphatic carbocycles. The molecule has 0 aromatic heterocycles. The molecule has 1 saturated heterocycles. The Hall–Kier alpha value is -2.41. The number of carbonyl (C=O) groups excluding carboxylic acids is 1. The van der Waals surface area contributed by atoms with Crippen LogP contribution in [0.4, 0.5) is 11.4 Å². The summed E-state index contributed by atoms with van der Waals surface area (Å²) in [7, 11) is 2.12. The van der Waals surface area contributed by atoms with Crippen molar-refractivity contribution < 1.29 is 4.79 Å². The van der Waals surface area contributed by atoms with E-state index < -0.39 is 0 Å². The Labute approximate surface area is 176 Å². The van der Waals surface area contributed by atoms with Crippen LogP contribution < -0.4 is 15.5 Å². The van der Waals surface area contributed by atoms with Crippen LogP contribution in [0.1, 0.15) is 5.56 Å². The summed E-state index contributed by atoms with van der Waals surface area (Å²) >= 11 is 11.7. The van der Waals surface area contributed by atoms with Gasteiger partial charge in [0, 0.05) is 37.9 Å². The van der Waals surface area contributed by atoms with Crippen LogP contribution in [-0.2, 0) is 4.79 Å². The fourth-order valence-corrected chi connectivity index (χ4v) is 3.46. The predicted molar refractivity (Wildman–Crippen MR) is 121 cm³/mol. The summed E-state index contributed by atoms with van der Waals surface area (Å²) in [6.07, 6.45) is 3.19. The standard InChI is InChI=1S/C21H23ClN4OS/c1-25-11-13-26(14-12-25)19-9-8-17(15-18(19)22)23-21(28)24-20(27)10-7-16-5-3-2-4-6-16/h2-10,15H,11-14H2,1H3,(H2,23,24,27,28)/b10-7+. The molecule has 146 valence electrons. The molecule has 0 radical (unpaired) electrons. The number of piperazine rings is 1. The molecule has 0 bridgehead atoms. The molecule has 0 saturated carbocycles. The van der Waals surface area contributed by atoms with Gasteiger partial charge in [0.2, 0.25) is 5.91 Å². The van der Waals surface area contributed by atoms with Gasteiger partial charge in [-0.3, -0.25) is 10.1 Å². The molecule has 28 heavy (non-hydrogen) atoms. The van der Waals surface area contributed by atoms with Gasteiger partial charge in [0.1, 0.15) is 0 Å². The van der Waals surface area contributed by atoms with E-state index in [1.807, 2.05) is 48.5 Å². The highest BCUT2D eigenvalue weighted by Gasteiger charge is 2.16. The number of nitrogens with zero attached hydrogens (tertiary/aromatic N) is 2. The first kappa shape index (κ1) is 20.3. The number of benzene rings is 2. The molecule has 1 aliphatic heterocycles. The van der Waals surface area contributed by atoms with Crippen LogP contribution in [0.3, 0.4) is 0 Å². The second kappa shape index (κ2) is 9.68. The molecule has 7 heteroatoms. The molecular weight excluding hydrogens is 392 g/mol. The van der Waals surface area contributed by atoms with Crippen LogP contribution >= 0.6 is 23.8 Å². The van der Waals surface area contributed by atoms with Gasteiger partial charge in [-0.2, -0.15) is 0 Å². The first-order valence-electron chi connectivity index (χ1n) is 9.09. The quantitative estimate of drug-likeness (QED) is 0.591. The molecule has 1 fully saturated rings. The normalized spacial score (nSPS) is 14.9. The third-order valence-corrected chi connectivity index (χ3v) is 5.02. The van der Waals surface area contributed by atoms with Crippen LogP contribution in [-0.4, -0.2) is 49.1 Å². The van der Waals surface area contributed by atoms with Gasteiger partial charge in [0.15, 0.2) is 5.11 Å². The predicted octanol–water partition coefficient (Wildman–Crippen LogP) is 3.62. The summed E-state index contributed by atoms with van der Waals surface area (Å²) < 4.78 is 0. The van der Waals surface area contributed by atoms with E-state index in [0.29, 0.717) is 5.02 Å². The number of rotatable bonds is 4. The van der Waals surface area contributed by atoms with E-state index in [1.54, 1.807) is 6.08 Å². The molecule has 2 N–H and O–H groups in total. The highest BCUT2D eigenvalue weighted by molar-refractivity contribution is 7.80. The molecule has 2 aromatic rings. The number of nitrogens with one attached hydrogen (secondary N) is 2. The third-order valence-electron chi connectivity index (χ3n) is 4.51. The maximum absolute atomic E-state index is 12.0. The van der Waals surface area contributed by atoms with Crippen molar-refractivity contribution in [3.05, 3.63) is 65.2 Å². The van der Waals surface area contributed by atoms with Crippen LogP contribution in [0.2, 0.25) is 5.02 Å². The van der Waals surface area contributed by atoms with Crippen molar-refractivity contribution in [1.82, 2.24) is 10.2 Å². The Morgan fingerprint density at radius 1 is 1.11 bits per heavy atom. The fourth-order valence-electron chi connectivity index (χ4n) is 2.94. The zero-order valence-electron chi connectivity index (χ0n) is 15.7. The van der Waals surface area contributed by atoms with Crippen molar-refractivity contribution in [2.45, 2.75) is 0 Å². The van der Waals surface area contributed by atoms with Gasteiger partial charge < -0.3 is 15.1 Å². The second-order valence-corrected chi connectivity index (χ2v) is 7.46. The summed E-state index contributed by atoms with van der Waals surface area (Å²) in [6, 6.07) is 15.3. The second-order valence-electron chi connectivity index (χ2n) is 6.64. The van der Waals surface area contributed by atoms with Crippen molar-refractivity contribution in [3.63, 3.8) is 0 Å². The Morgan fingerprint density at radius 2 is 1.82 bits per heavy atom. The summed E-state index contributed by atoms with van der Waals surface area (Å²) in [6.45, 7) is 3.93. The number of hydrogen-bond donors (Lipinski definition) is 2. The number of anilines is 2. The van der Waals surface area contributed by atoms with Crippen LogP contribution in [0.15, 0.2) is 54.6 Å². The highest BCUT2D eigenvalue weighted by atomic mass is 35.5. The van der Waals surface area contributed by atoms with E-state index in [2.05, 4.69) is 27.5 Å².